The minimum atomic E-state index is -0.735. The Labute approximate surface area is 113 Å². The zero-order chi connectivity index (χ0) is 14.4. The van der Waals surface area contributed by atoms with Gasteiger partial charge in [-0.05, 0) is 31.9 Å². The lowest BCUT2D eigenvalue weighted by Gasteiger charge is -2.14. The zero-order valence-electron chi connectivity index (χ0n) is 11.5. The highest BCUT2D eigenvalue weighted by atomic mass is 16.3. The first-order valence-electron chi connectivity index (χ1n) is 6.27. The zero-order valence-corrected chi connectivity index (χ0v) is 11.5. The van der Waals surface area contributed by atoms with Gasteiger partial charge in [0.1, 0.15) is 0 Å². The molecule has 0 heterocycles. The molecule has 0 spiro atoms. The molecule has 5 heteroatoms. The summed E-state index contributed by atoms with van der Waals surface area (Å²) in [5, 5.41) is 14.0. The van der Waals surface area contributed by atoms with Gasteiger partial charge < -0.3 is 15.7 Å². The van der Waals surface area contributed by atoms with Crippen molar-refractivity contribution in [2.45, 2.75) is 33.2 Å². The molecule has 0 saturated heterocycles. The van der Waals surface area contributed by atoms with Crippen LogP contribution in [0.4, 0.5) is 5.69 Å². The maximum Gasteiger partial charge on any atom is 0.313 e. The molecule has 0 aromatic heterocycles. The molecular weight excluding hydrogens is 244 g/mol. The second kappa shape index (κ2) is 6.89. The number of anilines is 1. The lowest BCUT2D eigenvalue weighted by atomic mass is 10.1. The van der Waals surface area contributed by atoms with E-state index < -0.39 is 17.9 Å². The van der Waals surface area contributed by atoms with E-state index in [4.69, 9.17) is 5.11 Å². The summed E-state index contributed by atoms with van der Waals surface area (Å²) >= 11 is 0. The van der Waals surface area contributed by atoms with Gasteiger partial charge in [-0.2, -0.15) is 0 Å². The van der Waals surface area contributed by atoms with E-state index in [1.807, 2.05) is 32.9 Å². The van der Waals surface area contributed by atoms with Gasteiger partial charge in [0.05, 0.1) is 12.6 Å². The second-order valence-electron chi connectivity index (χ2n) is 4.53. The maximum absolute atomic E-state index is 11.7. The number of hydrogen-bond acceptors (Lipinski definition) is 3. The standard InChI is InChI=1S/C14H20N2O3/c1-4-11(8-17)15-13(18)14(19)16-12-6-5-9(2)7-10(12)3/h5-7,11,17H,4,8H2,1-3H3,(H,15,18)(H,16,19)/t11-/m1/s1. The number of amides is 2. The van der Waals surface area contributed by atoms with Crippen LogP contribution in [-0.2, 0) is 9.59 Å². The molecule has 0 radical (unpaired) electrons. The van der Waals surface area contributed by atoms with Crippen LogP contribution in [0.1, 0.15) is 24.5 Å². The van der Waals surface area contributed by atoms with Crippen LogP contribution in [0.25, 0.3) is 0 Å². The highest BCUT2D eigenvalue weighted by molar-refractivity contribution is 6.39. The number of aliphatic hydroxyl groups is 1. The summed E-state index contributed by atoms with van der Waals surface area (Å²) in [6.45, 7) is 5.46. The van der Waals surface area contributed by atoms with Crippen molar-refractivity contribution < 1.29 is 14.7 Å². The van der Waals surface area contributed by atoms with Crippen LogP contribution >= 0.6 is 0 Å². The van der Waals surface area contributed by atoms with Crippen LogP contribution in [0.2, 0.25) is 0 Å². The highest BCUT2D eigenvalue weighted by Gasteiger charge is 2.17. The summed E-state index contributed by atoms with van der Waals surface area (Å²) in [5.74, 6) is -1.46. The normalized spacial score (nSPS) is 11.8. The molecule has 1 rings (SSSR count). The summed E-state index contributed by atoms with van der Waals surface area (Å²) in [5.41, 5.74) is 2.60. The monoisotopic (exact) mass is 264 g/mol. The van der Waals surface area contributed by atoms with Crippen molar-refractivity contribution in [3.05, 3.63) is 29.3 Å². The number of nitrogens with one attached hydrogen (secondary N) is 2. The molecule has 0 unspecified atom stereocenters. The van der Waals surface area contributed by atoms with Gasteiger partial charge in [-0.3, -0.25) is 9.59 Å². The van der Waals surface area contributed by atoms with E-state index in [0.29, 0.717) is 12.1 Å². The van der Waals surface area contributed by atoms with Gasteiger partial charge in [0.15, 0.2) is 0 Å². The highest BCUT2D eigenvalue weighted by Crippen LogP contribution is 2.15. The number of hydrogen-bond donors (Lipinski definition) is 3. The van der Waals surface area contributed by atoms with Gasteiger partial charge >= 0.3 is 11.8 Å². The van der Waals surface area contributed by atoms with E-state index in [9.17, 15) is 9.59 Å². The molecule has 0 bridgehead atoms. The topological polar surface area (TPSA) is 78.4 Å². The summed E-state index contributed by atoms with van der Waals surface area (Å²) in [4.78, 5) is 23.3. The molecule has 0 saturated carbocycles. The predicted molar refractivity (Wildman–Crippen MR) is 73.9 cm³/mol. The van der Waals surface area contributed by atoms with Crippen LogP contribution in [-0.4, -0.2) is 29.6 Å². The summed E-state index contributed by atoms with van der Waals surface area (Å²) in [6, 6.07) is 5.16. The van der Waals surface area contributed by atoms with Crippen LogP contribution < -0.4 is 10.6 Å². The molecule has 0 fully saturated rings. The fourth-order valence-electron chi connectivity index (χ4n) is 1.66. The van der Waals surface area contributed by atoms with Crippen molar-refractivity contribution in [3.8, 4) is 0 Å². The number of aryl methyl sites for hydroxylation is 2. The summed E-state index contributed by atoms with van der Waals surface area (Å²) in [6.07, 6.45) is 0.569. The van der Waals surface area contributed by atoms with Crippen LogP contribution in [0, 0.1) is 13.8 Å². The average molecular weight is 264 g/mol. The van der Waals surface area contributed by atoms with Crippen LogP contribution in [0.3, 0.4) is 0 Å². The quantitative estimate of drug-likeness (QED) is 0.713. The van der Waals surface area contributed by atoms with E-state index in [1.54, 1.807) is 6.07 Å². The first kappa shape index (κ1) is 15.2. The molecule has 1 atom stereocenters. The number of aliphatic hydroxyl groups excluding tert-OH is 1. The van der Waals surface area contributed by atoms with E-state index in [-0.39, 0.29) is 6.61 Å². The average Bonchev–Trinajstić information content (AvgIpc) is 2.38. The van der Waals surface area contributed by atoms with E-state index in [0.717, 1.165) is 11.1 Å². The van der Waals surface area contributed by atoms with Gasteiger partial charge in [-0.1, -0.05) is 24.6 Å². The molecular formula is C14H20N2O3. The molecule has 3 N–H and O–H groups in total. The van der Waals surface area contributed by atoms with Crippen molar-refractivity contribution in [1.82, 2.24) is 5.32 Å². The van der Waals surface area contributed by atoms with Gasteiger partial charge in [-0.15, -0.1) is 0 Å². The Morgan fingerprint density at radius 3 is 2.47 bits per heavy atom. The Hall–Kier alpha value is -1.88. The number of benzene rings is 1. The molecule has 1 aromatic rings. The van der Waals surface area contributed by atoms with E-state index in [1.165, 1.54) is 0 Å². The Kier molecular flexibility index (Phi) is 5.51. The van der Waals surface area contributed by atoms with Crippen molar-refractivity contribution >= 4 is 17.5 Å². The second-order valence-corrected chi connectivity index (χ2v) is 4.53. The molecule has 2 amide bonds. The molecule has 0 aliphatic carbocycles. The van der Waals surface area contributed by atoms with Gasteiger partial charge in [0, 0.05) is 5.69 Å². The van der Waals surface area contributed by atoms with Gasteiger partial charge in [-0.25, -0.2) is 0 Å². The van der Waals surface area contributed by atoms with Gasteiger partial charge in [0.2, 0.25) is 0 Å². The maximum atomic E-state index is 11.7. The Morgan fingerprint density at radius 1 is 1.26 bits per heavy atom. The minimum absolute atomic E-state index is 0.181. The Balaban J connectivity index is 2.66. The minimum Gasteiger partial charge on any atom is -0.394 e. The Bertz CT molecular complexity index is 468. The number of carbonyl (C=O) groups excluding carboxylic acids is 2. The first-order chi connectivity index (χ1) is 8.97. The van der Waals surface area contributed by atoms with E-state index >= 15 is 0 Å². The predicted octanol–water partition coefficient (Wildman–Crippen LogP) is 1.13. The third-order valence-electron chi connectivity index (χ3n) is 2.88. The molecule has 0 aliphatic heterocycles. The van der Waals surface area contributed by atoms with Crippen LogP contribution in [0.15, 0.2) is 18.2 Å². The number of rotatable bonds is 4. The first-order valence-corrected chi connectivity index (χ1v) is 6.27. The third-order valence-corrected chi connectivity index (χ3v) is 2.88. The smallest absolute Gasteiger partial charge is 0.313 e. The summed E-state index contributed by atoms with van der Waals surface area (Å²) < 4.78 is 0. The Morgan fingerprint density at radius 2 is 1.95 bits per heavy atom. The van der Waals surface area contributed by atoms with Crippen molar-refractivity contribution in [2.75, 3.05) is 11.9 Å². The molecule has 5 nitrogen and oxygen atoms in total. The molecule has 19 heavy (non-hydrogen) atoms. The third kappa shape index (κ3) is 4.37. The largest absolute Gasteiger partial charge is 0.394 e. The lowest BCUT2D eigenvalue weighted by Crippen LogP contribution is -2.43. The summed E-state index contributed by atoms with van der Waals surface area (Å²) in [7, 11) is 0. The molecule has 0 aliphatic rings. The van der Waals surface area contributed by atoms with E-state index in [2.05, 4.69) is 10.6 Å². The molecule has 1 aromatic carbocycles. The van der Waals surface area contributed by atoms with Crippen molar-refractivity contribution in [1.29, 1.82) is 0 Å². The fraction of sp³-hybridized carbons (Fsp3) is 0.429. The fourth-order valence-corrected chi connectivity index (χ4v) is 1.66. The lowest BCUT2D eigenvalue weighted by molar-refractivity contribution is -0.136. The van der Waals surface area contributed by atoms with Crippen molar-refractivity contribution in [2.24, 2.45) is 0 Å². The van der Waals surface area contributed by atoms with Gasteiger partial charge in [0.25, 0.3) is 0 Å². The van der Waals surface area contributed by atoms with Crippen molar-refractivity contribution in [3.63, 3.8) is 0 Å². The molecule has 104 valence electrons. The van der Waals surface area contributed by atoms with Crippen LogP contribution in [0.5, 0.6) is 0 Å². The SMILES string of the molecule is CC[C@H](CO)NC(=O)C(=O)Nc1ccc(C)cc1C. The number of carbonyl (C=O) groups is 2.